The third-order valence-corrected chi connectivity index (χ3v) is 6.36. The van der Waals surface area contributed by atoms with E-state index in [0.29, 0.717) is 17.9 Å². The fraction of sp³-hybridized carbons (Fsp3) is 0.333. The summed E-state index contributed by atoms with van der Waals surface area (Å²) in [4.78, 5) is 13.2. The molecule has 5 rings (SSSR count). The molecule has 1 aromatic heterocycles. The van der Waals surface area contributed by atoms with Gasteiger partial charge in [-0.15, -0.1) is 0 Å². The minimum atomic E-state index is -0.0136. The van der Waals surface area contributed by atoms with Crippen LogP contribution in [0.15, 0.2) is 54.7 Å². The van der Waals surface area contributed by atoms with Gasteiger partial charge in [-0.1, -0.05) is 48.5 Å². The van der Waals surface area contributed by atoms with Gasteiger partial charge in [-0.05, 0) is 53.9 Å². The maximum absolute atomic E-state index is 13.2. The smallest absolute Gasteiger partial charge is 0.255 e. The Labute approximate surface area is 165 Å². The predicted molar refractivity (Wildman–Crippen MR) is 109 cm³/mol. The Morgan fingerprint density at radius 1 is 1.18 bits per heavy atom. The van der Waals surface area contributed by atoms with Gasteiger partial charge in [-0.3, -0.25) is 9.48 Å². The first-order valence-corrected chi connectivity index (χ1v) is 10.2. The number of carbonyl (C=O) groups is 1. The highest BCUT2D eigenvalue weighted by molar-refractivity contribution is 5.95. The standard InChI is InChI=1S/C24H25N3O/c1-27-22(13-16-7-3-2-4-8-16)20(15-25-27)24(28)26-21-14-18-11-5-9-17-10-6-12-19(21)23(17)18/h2-4,6-8,10,12,15,18,21H,5,9,11,13-14H2,1H3,(H,26,28). The highest BCUT2D eigenvalue weighted by Crippen LogP contribution is 2.47. The van der Waals surface area contributed by atoms with Crippen molar-refractivity contribution in [3.8, 4) is 0 Å². The van der Waals surface area contributed by atoms with Crippen molar-refractivity contribution >= 4 is 5.91 Å². The van der Waals surface area contributed by atoms with Crippen molar-refractivity contribution in [2.45, 2.75) is 44.1 Å². The molecule has 0 saturated heterocycles. The normalized spacial score (nSPS) is 20.0. The van der Waals surface area contributed by atoms with Gasteiger partial charge in [0.15, 0.2) is 0 Å². The molecule has 1 N–H and O–H groups in total. The summed E-state index contributed by atoms with van der Waals surface area (Å²) in [6.45, 7) is 0. The van der Waals surface area contributed by atoms with E-state index in [1.807, 2.05) is 29.9 Å². The number of benzene rings is 2. The second-order valence-corrected chi connectivity index (χ2v) is 8.06. The second kappa shape index (κ2) is 6.93. The molecule has 3 aromatic rings. The number of aromatic nitrogens is 2. The molecule has 0 radical (unpaired) electrons. The van der Waals surface area contributed by atoms with Gasteiger partial charge >= 0.3 is 0 Å². The molecular weight excluding hydrogens is 346 g/mol. The van der Waals surface area contributed by atoms with Crippen molar-refractivity contribution in [3.63, 3.8) is 0 Å². The summed E-state index contributed by atoms with van der Waals surface area (Å²) < 4.78 is 1.82. The van der Waals surface area contributed by atoms with Crippen molar-refractivity contribution in [2.75, 3.05) is 0 Å². The number of hydrogen-bond acceptors (Lipinski definition) is 2. The highest BCUT2D eigenvalue weighted by Gasteiger charge is 2.35. The predicted octanol–water partition coefficient (Wildman–Crippen LogP) is 4.31. The first-order chi connectivity index (χ1) is 13.7. The third kappa shape index (κ3) is 2.93. The van der Waals surface area contributed by atoms with Crippen LogP contribution in [0.1, 0.15) is 69.5 Å². The van der Waals surface area contributed by atoms with Crippen LogP contribution in [-0.2, 0) is 19.9 Å². The van der Waals surface area contributed by atoms with Crippen molar-refractivity contribution in [3.05, 3.63) is 88.2 Å². The molecular formula is C24H25N3O. The molecule has 2 aromatic carbocycles. The zero-order chi connectivity index (χ0) is 19.1. The Bertz CT molecular complexity index is 1020. The van der Waals surface area contributed by atoms with Crippen LogP contribution >= 0.6 is 0 Å². The molecule has 4 heteroatoms. The average Bonchev–Trinajstić information content (AvgIpc) is 3.25. The van der Waals surface area contributed by atoms with E-state index < -0.39 is 0 Å². The summed E-state index contributed by atoms with van der Waals surface area (Å²) in [7, 11) is 1.91. The maximum Gasteiger partial charge on any atom is 0.255 e. The maximum atomic E-state index is 13.2. The first kappa shape index (κ1) is 17.2. The number of amides is 1. The Balaban J connectivity index is 1.40. The van der Waals surface area contributed by atoms with Crippen molar-refractivity contribution < 1.29 is 4.79 Å². The van der Waals surface area contributed by atoms with Crippen molar-refractivity contribution in [1.82, 2.24) is 15.1 Å². The minimum Gasteiger partial charge on any atom is -0.345 e. The summed E-state index contributed by atoms with van der Waals surface area (Å²) in [5.41, 5.74) is 7.14. The monoisotopic (exact) mass is 371 g/mol. The molecule has 0 aliphatic heterocycles. The number of nitrogens with one attached hydrogen (secondary N) is 1. The molecule has 2 atom stereocenters. The van der Waals surface area contributed by atoms with E-state index in [1.54, 1.807) is 6.20 Å². The lowest BCUT2D eigenvalue weighted by atomic mass is 9.84. The molecule has 28 heavy (non-hydrogen) atoms. The van der Waals surface area contributed by atoms with Gasteiger partial charge in [0.05, 0.1) is 23.5 Å². The Morgan fingerprint density at radius 2 is 2.04 bits per heavy atom. The van der Waals surface area contributed by atoms with Crippen molar-refractivity contribution in [2.24, 2.45) is 7.05 Å². The Hall–Kier alpha value is -2.88. The van der Waals surface area contributed by atoms with E-state index in [9.17, 15) is 4.79 Å². The van der Waals surface area contributed by atoms with Crippen LogP contribution in [0.5, 0.6) is 0 Å². The van der Waals surface area contributed by atoms with E-state index in [2.05, 4.69) is 40.7 Å². The summed E-state index contributed by atoms with van der Waals surface area (Å²) in [5.74, 6) is 0.586. The molecule has 4 nitrogen and oxygen atoms in total. The molecule has 0 bridgehead atoms. The third-order valence-electron chi connectivity index (χ3n) is 6.36. The zero-order valence-corrected chi connectivity index (χ0v) is 16.2. The largest absolute Gasteiger partial charge is 0.345 e. The van der Waals surface area contributed by atoms with Gasteiger partial charge in [0.1, 0.15) is 0 Å². The number of carbonyl (C=O) groups excluding carboxylic acids is 1. The zero-order valence-electron chi connectivity index (χ0n) is 16.2. The molecule has 142 valence electrons. The van der Waals surface area contributed by atoms with E-state index in [1.165, 1.54) is 41.5 Å². The topological polar surface area (TPSA) is 46.9 Å². The molecule has 2 aliphatic rings. The molecule has 2 aliphatic carbocycles. The van der Waals surface area contributed by atoms with E-state index in [0.717, 1.165) is 12.1 Å². The SMILES string of the molecule is Cn1ncc(C(=O)NC2CC3CCCc4cccc2c43)c1Cc1ccccc1. The van der Waals surface area contributed by atoms with Crippen LogP contribution < -0.4 is 5.32 Å². The molecule has 1 heterocycles. The number of hydrogen-bond donors (Lipinski definition) is 1. The summed E-state index contributed by atoms with van der Waals surface area (Å²) in [5, 5.41) is 7.68. The van der Waals surface area contributed by atoms with E-state index >= 15 is 0 Å². The quantitative estimate of drug-likeness (QED) is 0.743. The van der Waals surface area contributed by atoms with Gasteiger partial charge in [0.25, 0.3) is 5.91 Å². The highest BCUT2D eigenvalue weighted by atomic mass is 16.1. The van der Waals surface area contributed by atoms with Crippen LogP contribution in [0, 0.1) is 0 Å². The van der Waals surface area contributed by atoms with Gasteiger partial charge in [0, 0.05) is 13.5 Å². The number of rotatable bonds is 4. The Morgan fingerprint density at radius 3 is 2.89 bits per heavy atom. The Kier molecular flexibility index (Phi) is 4.27. The molecule has 0 spiro atoms. The molecule has 0 saturated carbocycles. The number of aryl methyl sites for hydroxylation is 2. The minimum absolute atomic E-state index is 0.0136. The summed E-state index contributed by atoms with van der Waals surface area (Å²) in [6.07, 6.45) is 7.09. The fourth-order valence-electron chi connectivity index (χ4n) is 5.01. The summed E-state index contributed by atoms with van der Waals surface area (Å²) in [6, 6.07) is 16.9. The second-order valence-electron chi connectivity index (χ2n) is 8.06. The first-order valence-electron chi connectivity index (χ1n) is 10.2. The lowest BCUT2D eigenvalue weighted by Crippen LogP contribution is -2.28. The van der Waals surface area contributed by atoms with Crippen LogP contribution in [0.4, 0.5) is 0 Å². The molecule has 0 fully saturated rings. The van der Waals surface area contributed by atoms with Crippen LogP contribution in [0.2, 0.25) is 0 Å². The molecule has 2 unspecified atom stereocenters. The van der Waals surface area contributed by atoms with Gasteiger partial charge in [-0.2, -0.15) is 5.10 Å². The molecule has 1 amide bonds. The van der Waals surface area contributed by atoms with Crippen LogP contribution in [0.3, 0.4) is 0 Å². The van der Waals surface area contributed by atoms with Crippen LogP contribution in [0.25, 0.3) is 0 Å². The van der Waals surface area contributed by atoms with E-state index in [4.69, 9.17) is 0 Å². The van der Waals surface area contributed by atoms with Gasteiger partial charge < -0.3 is 5.32 Å². The van der Waals surface area contributed by atoms with Gasteiger partial charge in [-0.25, -0.2) is 0 Å². The van der Waals surface area contributed by atoms with Crippen LogP contribution in [-0.4, -0.2) is 15.7 Å². The fourth-order valence-corrected chi connectivity index (χ4v) is 5.01. The van der Waals surface area contributed by atoms with Gasteiger partial charge in [0.2, 0.25) is 0 Å². The average molecular weight is 371 g/mol. The lowest BCUT2D eigenvalue weighted by molar-refractivity contribution is 0.0934. The van der Waals surface area contributed by atoms with Crippen molar-refractivity contribution in [1.29, 1.82) is 0 Å². The number of nitrogens with zero attached hydrogens (tertiary/aromatic N) is 2. The summed E-state index contributed by atoms with van der Waals surface area (Å²) >= 11 is 0. The lowest BCUT2D eigenvalue weighted by Gasteiger charge is -2.20. The van der Waals surface area contributed by atoms with E-state index in [-0.39, 0.29) is 11.9 Å².